The second-order valence-electron chi connectivity index (χ2n) is 10.5. The monoisotopic (exact) mass is 533 g/mol. The van der Waals surface area contributed by atoms with Crippen molar-refractivity contribution in [3.8, 4) is 0 Å². The van der Waals surface area contributed by atoms with Crippen LogP contribution in [0.3, 0.4) is 0 Å². The van der Waals surface area contributed by atoms with E-state index in [1.54, 1.807) is 0 Å². The van der Waals surface area contributed by atoms with Crippen LogP contribution >= 0.6 is 0 Å². The number of aliphatic hydroxyl groups is 1. The van der Waals surface area contributed by atoms with Crippen LogP contribution in [-0.2, 0) is 30.3 Å². The first-order valence-corrected chi connectivity index (χ1v) is 13.6. The van der Waals surface area contributed by atoms with Gasteiger partial charge in [0.25, 0.3) is 0 Å². The molecule has 0 radical (unpaired) electrons. The van der Waals surface area contributed by atoms with Gasteiger partial charge in [-0.2, -0.15) is 0 Å². The number of carbonyl (C=O) groups is 4. The van der Waals surface area contributed by atoms with Crippen molar-refractivity contribution in [2.45, 2.75) is 104 Å². The van der Waals surface area contributed by atoms with Crippen LogP contribution < -0.4 is 16.0 Å². The Kier molecular flexibility index (Phi) is 15.3. The Morgan fingerprint density at radius 1 is 0.947 bits per heavy atom. The minimum absolute atomic E-state index is 0.0501. The van der Waals surface area contributed by atoms with Gasteiger partial charge in [-0.05, 0) is 43.1 Å². The topological polar surface area (TPSA) is 134 Å². The van der Waals surface area contributed by atoms with Crippen LogP contribution in [0.5, 0.6) is 0 Å². The zero-order valence-electron chi connectivity index (χ0n) is 23.8. The first-order valence-electron chi connectivity index (χ1n) is 13.6. The van der Waals surface area contributed by atoms with Crippen molar-refractivity contribution in [3.63, 3.8) is 0 Å². The summed E-state index contributed by atoms with van der Waals surface area (Å²) < 4.78 is 4.62. The molecule has 9 heteroatoms. The Morgan fingerprint density at radius 2 is 1.61 bits per heavy atom. The number of rotatable bonds is 17. The lowest BCUT2D eigenvalue weighted by molar-refractivity contribution is -0.142. The lowest BCUT2D eigenvalue weighted by atomic mass is 9.92. The normalized spacial score (nSPS) is 15.1. The first-order chi connectivity index (χ1) is 18.0. The lowest BCUT2D eigenvalue weighted by Gasteiger charge is -2.30. The summed E-state index contributed by atoms with van der Waals surface area (Å²) >= 11 is 0. The molecular weight excluding hydrogens is 486 g/mol. The van der Waals surface area contributed by atoms with Gasteiger partial charge in [0.2, 0.25) is 17.7 Å². The highest BCUT2D eigenvalue weighted by Crippen LogP contribution is 2.17. The van der Waals surface area contributed by atoms with Gasteiger partial charge >= 0.3 is 5.97 Å². The van der Waals surface area contributed by atoms with Crippen molar-refractivity contribution in [1.82, 2.24) is 16.0 Å². The molecule has 38 heavy (non-hydrogen) atoms. The number of ether oxygens (including phenoxy) is 1. The van der Waals surface area contributed by atoms with Gasteiger partial charge in [0.15, 0.2) is 0 Å². The molecule has 9 nitrogen and oxygen atoms in total. The van der Waals surface area contributed by atoms with Gasteiger partial charge < -0.3 is 25.8 Å². The highest BCUT2D eigenvalue weighted by Gasteiger charge is 2.30. The van der Waals surface area contributed by atoms with E-state index in [1.165, 1.54) is 14.0 Å². The molecule has 0 saturated heterocycles. The van der Waals surface area contributed by atoms with Crippen LogP contribution in [0.15, 0.2) is 30.3 Å². The van der Waals surface area contributed by atoms with Crippen molar-refractivity contribution in [1.29, 1.82) is 0 Å². The summed E-state index contributed by atoms with van der Waals surface area (Å²) in [7, 11) is 1.27. The van der Waals surface area contributed by atoms with E-state index in [2.05, 4.69) is 34.5 Å². The molecule has 1 aromatic carbocycles. The Bertz CT molecular complexity index is 876. The third-order valence-corrected chi connectivity index (χ3v) is 6.71. The number of hydrogen-bond donors (Lipinski definition) is 4. The minimum atomic E-state index is -0.961. The molecule has 0 aliphatic rings. The largest absolute Gasteiger partial charge is 0.469 e. The number of aliphatic hydroxyl groups excluding tert-OH is 1. The molecular formula is C29H47N3O6. The molecule has 1 rings (SSSR count). The highest BCUT2D eigenvalue weighted by atomic mass is 16.5. The SMILES string of the molecule is CC[C@H](C)[C@H](NC(C)=O)C(=O)N[C@@H](CCC(C)C)C[C@H](O)[C@H](Cc1ccccc1)NC(=O)CCC(=O)OC. The predicted octanol–water partition coefficient (Wildman–Crippen LogP) is 2.89. The molecule has 214 valence electrons. The second kappa shape index (κ2) is 17.5. The van der Waals surface area contributed by atoms with Crippen molar-refractivity contribution < 1.29 is 29.0 Å². The van der Waals surface area contributed by atoms with Gasteiger partial charge in [-0.15, -0.1) is 0 Å². The second-order valence-corrected chi connectivity index (χ2v) is 10.5. The molecule has 0 unspecified atom stereocenters. The number of nitrogens with one attached hydrogen (secondary N) is 3. The standard InChI is InChI=1S/C29H47N3O6/c1-7-20(4)28(30-21(5)33)29(37)31-23(14-13-19(2)3)18-25(34)24(17-22-11-9-8-10-12-22)32-26(35)15-16-27(36)38-6/h8-12,19-20,23-25,28,34H,7,13-18H2,1-6H3,(H,30,33)(H,31,37)(H,32,35)/t20-,23-,24-,25-,28-/m0/s1. The van der Waals surface area contributed by atoms with Crippen LogP contribution in [0.4, 0.5) is 0 Å². The molecule has 0 aliphatic heterocycles. The molecule has 0 fully saturated rings. The highest BCUT2D eigenvalue weighted by molar-refractivity contribution is 5.87. The summed E-state index contributed by atoms with van der Waals surface area (Å²) in [6.07, 6.45) is 1.74. The molecule has 0 aromatic heterocycles. The number of amides is 3. The van der Waals surface area contributed by atoms with Gasteiger partial charge in [0.05, 0.1) is 25.7 Å². The maximum atomic E-state index is 13.2. The van der Waals surface area contributed by atoms with E-state index in [0.29, 0.717) is 25.2 Å². The van der Waals surface area contributed by atoms with E-state index in [4.69, 9.17) is 0 Å². The fraction of sp³-hybridized carbons (Fsp3) is 0.655. The molecule has 0 spiro atoms. The molecule has 0 aliphatic carbocycles. The van der Waals surface area contributed by atoms with Gasteiger partial charge in [-0.25, -0.2) is 0 Å². The number of carbonyl (C=O) groups excluding carboxylic acids is 4. The van der Waals surface area contributed by atoms with E-state index >= 15 is 0 Å². The van der Waals surface area contributed by atoms with Crippen molar-refractivity contribution in [2.24, 2.45) is 11.8 Å². The zero-order valence-corrected chi connectivity index (χ0v) is 23.8. The maximum Gasteiger partial charge on any atom is 0.306 e. The smallest absolute Gasteiger partial charge is 0.306 e. The zero-order chi connectivity index (χ0) is 28.7. The number of benzene rings is 1. The lowest BCUT2D eigenvalue weighted by Crippen LogP contribution is -2.53. The van der Waals surface area contributed by atoms with Crippen molar-refractivity contribution in [3.05, 3.63) is 35.9 Å². The van der Waals surface area contributed by atoms with Crippen molar-refractivity contribution in [2.75, 3.05) is 7.11 Å². The minimum Gasteiger partial charge on any atom is -0.469 e. The Labute approximate surface area is 227 Å². The van der Waals surface area contributed by atoms with Crippen LogP contribution in [0.25, 0.3) is 0 Å². The summed E-state index contributed by atoms with van der Waals surface area (Å²) in [5.41, 5.74) is 0.940. The number of methoxy groups -OCH3 is 1. The van der Waals surface area contributed by atoms with Gasteiger partial charge in [0.1, 0.15) is 6.04 Å². The Hall–Kier alpha value is -2.94. The average molecular weight is 534 g/mol. The summed E-state index contributed by atoms with van der Waals surface area (Å²) in [5, 5.41) is 20.0. The molecule has 0 bridgehead atoms. The van der Waals surface area contributed by atoms with E-state index in [-0.39, 0.29) is 48.9 Å². The van der Waals surface area contributed by atoms with Crippen LogP contribution in [0, 0.1) is 11.8 Å². The van der Waals surface area contributed by atoms with Crippen molar-refractivity contribution >= 4 is 23.7 Å². The van der Waals surface area contributed by atoms with Gasteiger partial charge in [0, 0.05) is 19.4 Å². The summed E-state index contributed by atoms with van der Waals surface area (Å²) in [6.45, 7) is 9.45. The third-order valence-electron chi connectivity index (χ3n) is 6.71. The molecule has 3 amide bonds. The maximum absolute atomic E-state index is 13.2. The average Bonchev–Trinajstić information content (AvgIpc) is 2.88. The van der Waals surface area contributed by atoms with E-state index in [9.17, 15) is 24.3 Å². The van der Waals surface area contributed by atoms with Gasteiger partial charge in [-0.1, -0.05) is 64.4 Å². The van der Waals surface area contributed by atoms with E-state index in [0.717, 1.165) is 12.0 Å². The van der Waals surface area contributed by atoms with E-state index < -0.39 is 24.2 Å². The number of hydrogen-bond acceptors (Lipinski definition) is 6. The van der Waals surface area contributed by atoms with Crippen LogP contribution in [-0.4, -0.2) is 60.1 Å². The first kappa shape index (κ1) is 33.1. The fourth-order valence-electron chi connectivity index (χ4n) is 4.20. The molecule has 0 heterocycles. The number of esters is 1. The summed E-state index contributed by atoms with van der Waals surface area (Å²) in [6, 6.07) is 7.86. The van der Waals surface area contributed by atoms with E-state index in [1.807, 2.05) is 44.2 Å². The van der Waals surface area contributed by atoms with Gasteiger partial charge in [-0.3, -0.25) is 19.2 Å². The third kappa shape index (κ3) is 13.0. The fourth-order valence-corrected chi connectivity index (χ4v) is 4.20. The quantitative estimate of drug-likeness (QED) is 0.228. The molecule has 4 N–H and O–H groups in total. The summed E-state index contributed by atoms with van der Waals surface area (Å²) in [4.78, 5) is 49.0. The molecule has 0 saturated carbocycles. The Morgan fingerprint density at radius 3 is 2.16 bits per heavy atom. The Balaban J connectivity index is 3.07. The molecule has 1 aromatic rings. The predicted molar refractivity (Wildman–Crippen MR) is 147 cm³/mol. The van der Waals surface area contributed by atoms with Crippen LogP contribution in [0.2, 0.25) is 0 Å². The summed E-state index contributed by atoms with van der Waals surface area (Å²) in [5.74, 6) is -1.06. The van der Waals surface area contributed by atoms with Crippen LogP contribution in [0.1, 0.15) is 78.7 Å². The molecule has 5 atom stereocenters.